The fourth-order valence-corrected chi connectivity index (χ4v) is 1.84. The summed E-state index contributed by atoms with van der Waals surface area (Å²) >= 11 is 5.94. The normalized spacial score (nSPS) is 10.1. The Kier molecular flexibility index (Phi) is 5.25. The van der Waals surface area contributed by atoms with Crippen LogP contribution in [0.25, 0.3) is 0 Å². The Morgan fingerprint density at radius 1 is 1.53 bits per heavy atom. The predicted molar refractivity (Wildman–Crippen MR) is 69.7 cm³/mol. The number of ether oxygens (including phenoxy) is 1. The number of carbonyl (C=O) groups excluding carboxylic acids is 1. The van der Waals surface area contributed by atoms with Gasteiger partial charge >= 0.3 is 0 Å². The predicted octanol–water partition coefficient (Wildman–Crippen LogP) is 2.33. The molecule has 0 fully saturated rings. The van der Waals surface area contributed by atoms with Crippen LogP contribution in [0, 0.1) is 6.92 Å². The maximum Gasteiger partial charge on any atom is 0.224 e. The standard InChI is InChI=1S/C12H17ClN2O2/c1-8-6-9(13)7-10(12(8)17-2)15-11(16)4-3-5-14/h6-7H,3-5,14H2,1-2H3,(H,15,16). The van der Waals surface area contributed by atoms with Gasteiger partial charge in [-0.25, -0.2) is 0 Å². The Balaban J connectivity index is 2.85. The zero-order valence-electron chi connectivity index (χ0n) is 10.0. The van der Waals surface area contributed by atoms with Crippen molar-refractivity contribution in [3.8, 4) is 5.75 Å². The minimum atomic E-state index is -0.0876. The lowest BCUT2D eigenvalue weighted by Crippen LogP contribution is -2.14. The molecule has 0 atom stereocenters. The van der Waals surface area contributed by atoms with Gasteiger partial charge in [-0.2, -0.15) is 0 Å². The number of aryl methyl sites for hydroxylation is 1. The van der Waals surface area contributed by atoms with Crippen LogP contribution in [0.5, 0.6) is 5.75 Å². The zero-order chi connectivity index (χ0) is 12.8. The van der Waals surface area contributed by atoms with Crippen molar-refractivity contribution >= 4 is 23.2 Å². The number of carbonyl (C=O) groups is 1. The number of halogens is 1. The summed E-state index contributed by atoms with van der Waals surface area (Å²) < 4.78 is 5.24. The van der Waals surface area contributed by atoms with Gasteiger partial charge in [-0.3, -0.25) is 4.79 Å². The highest BCUT2D eigenvalue weighted by molar-refractivity contribution is 6.31. The molecule has 0 aliphatic carbocycles. The van der Waals surface area contributed by atoms with Crippen LogP contribution in [0.4, 0.5) is 5.69 Å². The van der Waals surface area contributed by atoms with E-state index in [9.17, 15) is 4.79 Å². The van der Waals surface area contributed by atoms with Crippen molar-refractivity contribution in [2.75, 3.05) is 19.0 Å². The van der Waals surface area contributed by atoms with Crippen LogP contribution in [0.15, 0.2) is 12.1 Å². The molecule has 1 aromatic rings. The third-order valence-electron chi connectivity index (χ3n) is 2.33. The topological polar surface area (TPSA) is 64.3 Å². The molecule has 0 aromatic heterocycles. The summed E-state index contributed by atoms with van der Waals surface area (Å²) in [6.07, 6.45) is 1.05. The Morgan fingerprint density at radius 3 is 2.82 bits per heavy atom. The monoisotopic (exact) mass is 256 g/mol. The minimum absolute atomic E-state index is 0.0876. The second kappa shape index (κ2) is 6.47. The molecule has 4 nitrogen and oxygen atoms in total. The lowest BCUT2D eigenvalue weighted by Gasteiger charge is -2.13. The van der Waals surface area contributed by atoms with Gasteiger partial charge in [0.1, 0.15) is 5.75 Å². The quantitative estimate of drug-likeness (QED) is 0.850. The number of hydrogen-bond donors (Lipinski definition) is 2. The summed E-state index contributed by atoms with van der Waals surface area (Å²) in [7, 11) is 1.56. The van der Waals surface area contributed by atoms with Gasteiger partial charge in [0, 0.05) is 11.4 Å². The SMILES string of the molecule is COc1c(C)cc(Cl)cc1NC(=O)CCCN. The Morgan fingerprint density at radius 2 is 2.24 bits per heavy atom. The van der Waals surface area contributed by atoms with E-state index >= 15 is 0 Å². The van der Waals surface area contributed by atoms with Crippen molar-refractivity contribution in [2.24, 2.45) is 5.73 Å². The number of rotatable bonds is 5. The van der Waals surface area contributed by atoms with Crippen molar-refractivity contribution in [1.29, 1.82) is 0 Å². The van der Waals surface area contributed by atoms with Crippen LogP contribution in [-0.2, 0) is 4.79 Å². The number of hydrogen-bond acceptors (Lipinski definition) is 3. The van der Waals surface area contributed by atoms with Crippen LogP contribution in [0.2, 0.25) is 5.02 Å². The molecule has 1 rings (SSSR count). The number of benzene rings is 1. The average molecular weight is 257 g/mol. The van der Waals surface area contributed by atoms with E-state index in [1.165, 1.54) is 0 Å². The number of methoxy groups -OCH3 is 1. The Labute approximate surface area is 106 Å². The molecular weight excluding hydrogens is 240 g/mol. The van der Waals surface area contributed by atoms with Crippen molar-refractivity contribution < 1.29 is 9.53 Å². The van der Waals surface area contributed by atoms with E-state index in [1.807, 2.05) is 6.92 Å². The van der Waals surface area contributed by atoms with Crippen LogP contribution >= 0.6 is 11.6 Å². The van der Waals surface area contributed by atoms with Gasteiger partial charge < -0.3 is 15.8 Å². The summed E-state index contributed by atoms with van der Waals surface area (Å²) in [5.74, 6) is 0.547. The molecule has 0 unspecified atom stereocenters. The molecule has 0 radical (unpaired) electrons. The molecule has 0 aliphatic rings. The van der Waals surface area contributed by atoms with Gasteiger partial charge in [0.2, 0.25) is 5.91 Å². The van der Waals surface area contributed by atoms with Crippen molar-refractivity contribution in [2.45, 2.75) is 19.8 Å². The van der Waals surface area contributed by atoms with E-state index < -0.39 is 0 Å². The Bertz CT molecular complexity index is 408. The lowest BCUT2D eigenvalue weighted by atomic mass is 10.2. The smallest absolute Gasteiger partial charge is 0.224 e. The fraction of sp³-hybridized carbons (Fsp3) is 0.417. The van der Waals surface area contributed by atoms with Gasteiger partial charge in [-0.05, 0) is 37.6 Å². The summed E-state index contributed by atoms with van der Waals surface area (Å²) in [6, 6.07) is 3.46. The van der Waals surface area contributed by atoms with Crippen molar-refractivity contribution in [3.05, 3.63) is 22.7 Å². The van der Waals surface area contributed by atoms with E-state index in [0.717, 1.165) is 5.56 Å². The molecule has 0 heterocycles. The first-order valence-electron chi connectivity index (χ1n) is 5.42. The highest BCUT2D eigenvalue weighted by Crippen LogP contribution is 2.32. The van der Waals surface area contributed by atoms with Gasteiger partial charge in [0.25, 0.3) is 0 Å². The third kappa shape index (κ3) is 3.91. The minimum Gasteiger partial charge on any atom is -0.494 e. The molecule has 0 spiro atoms. The molecule has 17 heavy (non-hydrogen) atoms. The van der Waals surface area contributed by atoms with Crippen LogP contribution in [0.1, 0.15) is 18.4 Å². The molecular formula is C12H17ClN2O2. The van der Waals surface area contributed by atoms with Gasteiger partial charge in [0.15, 0.2) is 0 Å². The van der Waals surface area contributed by atoms with Gasteiger partial charge in [-0.15, -0.1) is 0 Å². The molecule has 1 aromatic carbocycles. The molecule has 0 saturated carbocycles. The largest absolute Gasteiger partial charge is 0.494 e. The maximum absolute atomic E-state index is 11.6. The van der Waals surface area contributed by atoms with Crippen LogP contribution in [0.3, 0.4) is 0 Å². The molecule has 5 heteroatoms. The van der Waals surface area contributed by atoms with E-state index in [2.05, 4.69) is 5.32 Å². The Hall–Kier alpha value is -1.26. The number of amides is 1. The molecule has 1 amide bonds. The van der Waals surface area contributed by atoms with E-state index in [4.69, 9.17) is 22.1 Å². The third-order valence-corrected chi connectivity index (χ3v) is 2.54. The highest BCUT2D eigenvalue weighted by atomic mass is 35.5. The lowest BCUT2D eigenvalue weighted by molar-refractivity contribution is -0.116. The molecule has 0 saturated heterocycles. The van der Waals surface area contributed by atoms with Crippen LogP contribution in [-0.4, -0.2) is 19.6 Å². The molecule has 0 bridgehead atoms. The second-order valence-corrected chi connectivity index (χ2v) is 4.18. The van der Waals surface area contributed by atoms with Gasteiger partial charge in [0.05, 0.1) is 12.8 Å². The highest BCUT2D eigenvalue weighted by Gasteiger charge is 2.10. The first-order chi connectivity index (χ1) is 8.08. The number of nitrogens with one attached hydrogen (secondary N) is 1. The summed E-state index contributed by atoms with van der Waals surface area (Å²) in [4.78, 5) is 11.6. The molecule has 94 valence electrons. The van der Waals surface area contributed by atoms with Crippen molar-refractivity contribution in [1.82, 2.24) is 0 Å². The molecule has 3 N–H and O–H groups in total. The summed E-state index contributed by atoms with van der Waals surface area (Å²) in [6.45, 7) is 2.37. The average Bonchev–Trinajstić information content (AvgIpc) is 2.25. The summed E-state index contributed by atoms with van der Waals surface area (Å²) in [5.41, 5.74) is 6.83. The first-order valence-corrected chi connectivity index (χ1v) is 5.80. The van der Waals surface area contributed by atoms with E-state index in [1.54, 1.807) is 19.2 Å². The fourth-order valence-electron chi connectivity index (χ4n) is 1.57. The van der Waals surface area contributed by atoms with Gasteiger partial charge in [-0.1, -0.05) is 11.6 Å². The summed E-state index contributed by atoms with van der Waals surface area (Å²) in [5, 5.41) is 3.34. The van der Waals surface area contributed by atoms with E-state index in [-0.39, 0.29) is 5.91 Å². The van der Waals surface area contributed by atoms with E-state index in [0.29, 0.717) is 35.8 Å². The molecule has 0 aliphatic heterocycles. The second-order valence-electron chi connectivity index (χ2n) is 3.74. The number of anilines is 1. The van der Waals surface area contributed by atoms with Crippen molar-refractivity contribution in [3.63, 3.8) is 0 Å². The zero-order valence-corrected chi connectivity index (χ0v) is 10.8. The van der Waals surface area contributed by atoms with Crippen LogP contribution < -0.4 is 15.8 Å². The first kappa shape index (κ1) is 13.8. The maximum atomic E-state index is 11.6. The number of nitrogens with two attached hydrogens (primary N) is 1.